The Kier molecular flexibility index (Phi) is 5.61. The summed E-state index contributed by atoms with van der Waals surface area (Å²) in [5, 5.41) is 12.4. The van der Waals surface area contributed by atoms with Crippen LogP contribution in [0.1, 0.15) is 38.8 Å². The zero-order chi connectivity index (χ0) is 24.9. The third-order valence-electron chi connectivity index (χ3n) is 6.05. The monoisotopic (exact) mass is 485 g/mol. The number of oxime groups is 2. The largest absolute Gasteiger partial charge is 0.344 e. The first-order chi connectivity index (χ1) is 16.7. The topological polar surface area (TPSA) is 82.2 Å². The van der Waals surface area contributed by atoms with E-state index in [1.54, 1.807) is 11.3 Å². The molecule has 0 radical (unpaired) electrons. The molecule has 7 nitrogen and oxygen atoms in total. The Morgan fingerprint density at radius 3 is 1.86 bits per heavy atom. The lowest BCUT2D eigenvalue weighted by Gasteiger charge is -2.02. The minimum Gasteiger partial charge on any atom is -0.344 e. The smallest absolute Gasteiger partial charge is 0.331 e. The number of hydrogen-bond donors (Lipinski definition) is 0. The number of benzene rings is 3. The van der Waals surface area contributed by atoms with E-state index in [-0.39, 0.29) is 0 Å². The number of aromatic nitrogens is 1. The predicted molar refractivity (Wildman–Crippen MR) is 141 cm³/mol. The third-order valence-corrected chi connectivity index (χ3v) is 7.19. The second-order valence-electron chi connectivity index (χ2n) is 8.49. The SMILES string of the molecule is CC(=O)O/N=C(\C)c1ccc2sc3cc4c5cc(/C(C)=N/OC(C)=O)ccc5n(C)c4cc3c2c1. The van der Waals surface area contributed by atoms with Crippen LogP contribution in [0.2, 0.25) is 0 Å². The normalized spacial score (nSPS) is 12.7. The Hall–Kier alpha value is -4.04. The Morgan fingerprint density at radius 2 is 1.23 bits per heavy atom. The molecule has 0 aliphatic heterocycles. The Balaban J connectivity index is 1.68. The number of carbonyl (C=O) groups is 2. The molecule has 0 amide bonds. The van der Waals surface area contributed by atoms with E-state index in [0.29, 0.717) is 11.4 Å². The summed E-state index contributed by atoms with van der Waals surface area (Å²) in [5.41, 5.74) is 5.31. The second kappa shape index (κ2) is 8.63. The predicted octanol–water partition coefficient (Wildman–Crippen LogP) is 6.27. The fraction of sp³-hybridized carbons (Fsp3) is 0.185. The van der Waals surface area contributed by atoms with Gasteiger partial charge in [0.1, 0.15) is 0 Å². The van der Waals surface area contributed by atoms with Gasteiger partial charge in [0.05, 0.1) is 11.4 Å². The van der Waals surface area contributed by atoms with Crippen molar-refractivity contribution in [2.45, 2.75) is 27.7 Å². The van der Waals surface area contributed by atoms with E-state index in [4.69, 9.17) is 9.68 Å². The number of nitrogens with zero attached hydrogens (tertiary/aromatic N) is 3. The van der Waals surface area contributed by atoms with Crippen molar-refractivity contribution in [3.8, 4) is 0 Å². The number of fused-ring (bicyclic) bond motifs is 6. The van der Waals surface area contributed by atoms with E-state index in [1.165, 1.54) is 28.6 Å². The molecule has 3 aromatic carbocycles. The van der Waals surface area contributed by atoms with Crippen LogP contribution in [0.5, 0.6) is 0 Å². The maximum atomic E-state index is 11.1. The Morgan fingerprint density at radius 1 is 0.686 bits per heavy atom. The van der Waals surface area contributed by atoms with Gasteiger partial charge in [-0.3, -0.25) is 0 Å². The summed E-state index contributed by atoms with van der Waals surface area (Å²) in [7, 11) is 2.06. The summed E-state index contributed by atoms with van der Waals surface area (Å²) in [6, 6.07) is 16.8. The zero-order valence-corrected chi connectivity index (χ0v) is 20.8. The molecule has 5 rings (SSSR count). The van der Waals surface area contributed by atoms with Crippen LogP contribution < -0.4 is 0 Å². The van der Waals surface area contributed by atoms with Gasteiger partial charge in [-0.05, 0) is 61.4 Å². The first kappa shape index (κ1) is 22.7. The van der Waals surface area contributed by atoms with Gasteiger partial charge in [-0.25, -0.2) is 9.59 Å². The molecule has 176 valence electrons. The van der Waals surface area contributed by atoms with Gasteiger partial charge >= 0.3 is 11.9 Å². The maximum absolute atomic E-state index is 11.1. The second-order valence-corrected chi connectivity index (χ2v) is 9.57. The standard InChI is InChI=1S/C27H23N3O4S/c1-14(28-33-16(3)31)18-6-8-24-20(10-18)21-13-27-23(12-25(21)30(24)5)22-11-19(7-9-26(22)35-27)15(2)29-34-17(4)32/h6-13H,1-5H3/b28-14+,29-15+. The number of thiophene rings is 1. The van der Waals surface area contributed by atoms with Crippen molar-refractivity contribution in [3.63, 3.8) is 0 Å². The van der Waals surface area contributed by atoms with Gasteiger partial charge in [0.15, 0.2) is 0 Å². The van der Waals surface area contributed by atoms with E-state index >= 15 is 0 Å². The highest BCUT2D eigenvalue weighted by Crippen LogP contribution is 2.39. The maximum Gasteiger partial charge on any atom is 0.331 e. The molecule has 0 aliphatic rings. The molecular weight excluding hydrogens is 462 g/mol. The first-order valence-electron chi connectivity index (χ1n) is 11.1. The summed E-state index contributed by atoms with van der Waals surface area (Å²) in [4.78, 5) is 31.9. The van der Waals surface area contributed by atoms with Crippen molar-refractivity contribution < 1.29 is 19.3 Å². The molecule has 0 fully saturated rings. The van der Waals surface area contributed by atoms with Gasteiger partial charge < -0.3 is 14.2 Å². The molecule has 2 heterocycles. The minimum absolute atomic E-state index is 0.444. The van der Waals surface area contributed by atoms with Crippen LogP contribution >= 0.6 is 11.3 Å². The fourth-order valence-electron chi connectivity index (χ4n) is 4.30. The van der Waals surface area contributed by atoms with Crippen molar-refractivity contribution in [1.29, 1.82) is 0 Å². The minimum atomic E-state index is -0.446. The summed E-state index contributed by atoms with van der Waals surface area (Å²) in [6.07, 6.45) is 0. The molecule has 2 aromatic heterocycles. The molecule has 0 unspecified atom stereocenters. The van der Waals surface area contributed by atoms with E-state index < -0.39 is 11.9 Å². The molecule has 0 bridgehead atoms. The average molecular weight is 486 g/mol. The highest BCUT2D eigenvalue weighted by Gasteiger charge is 2.15. The number of hydrogen-bond acceptors (Lipinski definition) is 7. The average Bonchev–Trinajstić information content (AvgIpc) is 3.33. The van der Waals surface area contributed by atoms with Crippen LogP contribution in [-0.2, 0) is 26.3 Å². The van der Waals surface area contributed by atoms with Crippen molar-refractivity contribution in [2.75, 3.05) is 0 Å². The van der Waals surface area contributed by atoms with Crippen molar-refractivity contribution >= 4 is 76.7 Å². The Bertz CT molecular complexity index is 1740. The van der Waals surface area contributed by atoms with Gasteiger partial charge in [-0.1, -0.05) is 22.4 Å². The van der Waals surface area contributed by atoms with E-state index in [1.807, 2.05) is 26.0 Å². The molecule has 35 heavy (non-hydrogen) atoms. The van der Waals surface area contributed by atoms with Crippen LogP contribution in [-0.4, -0.2) is 27.9 Å². The summed E-state index contributed by atoms with van der Waals surface area (Å²) in [5.74, 6) is -0.890. The number of rotatable bonds is 4. The quantitative estimate of drug-likeness (QED) is 0.171. The van der Waals surface area contributed by atoms with Gasteiger partial charge in [-0.15, -0.1) is 11.3 Å². The molecule has 0 saturated carbocycles. The van der Waals surface area contributed by atoms with E-state index in [2.05, 4.69) is 58.3 Å². The molecular formula is C27H23N3O4S. The third kappa shape index (κ3) is 4.06. The molecule has 0 aliphatic carbocycles. The van der Waals surface area contributed by atoms with Gasteiger partial charge in [-0.2, -0.15) is 0 Å². The van der Waals surface area contributed by atoms with Gasteiger partial charge in [0, 0.05) is 62.9 Å². The van der Waals surface area contributed by atoms with Crippen LogP contribution in [0.15, 0.2) is 58.8 Å². The zero-order valence-electron chi connectivity index (χ0n) is 20.0. The van der Waals surface area contributed by atoms with Crippen LogP contribution in [0.25, 0.3) is 42.0 Å². The number of aryl methyl sites for hydroxylation is 1. The summed E-state index contributed by atoms with van der Waals surface area (Å²) >= 11 is 1.74. The summed E-state index contributed by atoms with van der Waals surface area (Å²) < 4.78 is 4.55. The Labute approximate surface area is 205 Å². The molecule has 0 N–H and O–H groups in total. The van der Waals surface area contributed by atoms with Crippen molar-refractivity contribution in [1.82, 2.24) is 4.57 Å². The molecule has 5 aromatic rings. The fourth-order valence-corrected chi connectivity index (χ4v) is 5.41. The summed E-state index contributed by atoms with van der Waals surface area (Å²) in [6.45, 7) is 6.31. The number of carbonyl (C=O) groups excluding carboxylic acids is 2. The highest BCUT2D eigenvalue weighted by molar-refractivity contribution is 7.25. The van der Waals surface area contributed by atoms with Crippen LogP contribution in [0.3, 0.4) is 0 Å². The lowest BCUT2D eigenvalue weighted by Crippen LogP contribution is -1.99. The van der Waals surface area contributed by atoms with Crippen molar-refractivity contribution in [2.24, 2.45) is 17.4 Å². The highest BCUT2D eigenvalue weighted by atomic mass is 32.1. The van der Waals surface area contributed by atoms with Gasteiger partial charge in [0.25, 0.3) is 0 Å². The van der Waals surface area contributed by atoms with Crippen molar-refractivity contribution in [3.05, 3.63) is 59.7 Å². The lowest BCUT2D eigenvalue weighted by atomic mass is 10.0. The molecule has 8 heteroatoms. The van der Waals surface area contributed by atoms with Crippen LogP contribution in [0, 0.1) is 0 Å². The molecule has 0 atom stereocenters. The van der Waals surface area contributed by atoms with E-state index in [9.17, 15) is 9.59 Å². The molecule has 0 saturated heterocycles. The first-order valence-corrected chi connectivity index (χ1v) is 11.9. The molecule has 0 spiro atoms. The van der Waals surface area contributed by atoms with Gasteiger partial charge in [0.2, 0.25) is 0 Å². The lowest BCUT2D eigenvalue weighted by molar-refractivity contribution is -0.141. The van der Waals surface area contributed by atoms with E-state index in [0.717, 1.165) is 38.3 Å². The van der Waals surface area contributed by atoms with Crippen LogP contribution in [0.4, 0.5) is 0 Å².